The standard InChI is InChI=1S/C7H13N5O/c1-5-4-13-6(2)3-12(5)7-8-10-11-9-7/h5-6H,3-4H2,1-2H3,(H,8,9,10,11). The van der Waals surface area contributed by atoms with E-state index in [2.05, 4.69) is 32.4 Å². The van der Waals surface area contributed by atoms with Gasteiger partial charge >= 0.3 is 0 Å². The van der Waals surface area contributed by atoms with Crippen LogP contribution < -0.4 is 4.90 Å². The third-order valence-electron chi connectivity index (χ3n) is 2.20. The van der Waals surface area contributed by atoms with Gasteiger partial charge in [-0.1, -0.05) is 5.10 Å². The summed E-state index contributed by atoms with van der Waals surface area (Å²) >= 11 is 0. The molecule has 1 aromatic rings. The van der Waals surface area contributed by atoms with Gasteiger partial charge in [-0.2, -0.15) is 5.21 Å². The Morgan fingerprint density at radius 3 is 3.08 bits per heavy atom. The van der Waals surface area contributed by atoms with Crippen molar-refractivity contribution in [2.75, 3.05) is 18.1 Å². The van der Waals surface area contributed by atoms with Crippen LogP contribution in [-0.2, 0) is 4.74 Å². The van der Waals surface area contributed by atoms with Gasteiger partial charge in [-0.05, 0) is 19.1 Å². The minimum Gasteiger partial charge on any atom is -0.375 e. The average Bonchev–Trinajstić information content (AvgIpc) is 2.61. The number of tetrazole rings is 1. The predicted molar refractivity (Wildman–Crippen MR) is 46.4 cm³/mol. The maximum Gasteiger partial charge on any atom is 0.266 e. The number of hydrogen-bond donors (Lipinski definition) is 1. The first kappa shape index (κ1) is 8.43. The van der Waals surface area contributed by atoms with Gasteiger partial charge in [-0.25, -0.2) is 0 Å². The molecule has 2 atom stereocenters. The van der Waals surface area contributed by atoms with E-state index in [1.165, 1.54) is 0 Å². The fourth-order valence-electron chi connectivity index (χ4n) is 1.46. The summed E-state index contributed by atoms with van der Waals surface area (Å²) < 4.78 is 5.49. The van der Waals surface area contributed by atoms with E-state index in [0.29, 0.717) is 12.0 Å². The monoisotopic (exact) mass is 183 g/mol. The van der Waals surface area contributed by atoms with Gasteiger partial charge in [0.15, 0.2) is 0 Å². The lowest BCUT2D eigenvalue weighted by Gasteiger charge is -2.35. The molecule has 0 bridgehead atoms. The molecule has 1 N–H and O–H groups in total. The van der Waals surface area contributed by atoms with Gasteiger partial charge in [-0.3, -0.25) is 0 Å². The molecule has 0 aromatic carbocycles. The quantitative estimate of drug-likeness (QED) is 0.653. The van der Waals surface area contributed by atoms with Gasteiger partial charge in [0.05, 0.1) is 18.8 Å². The molecule has 6 nitrogen and oxygen atoms in total. The van der Waals surface area contributed by atoms with Gasteiger partial charge in [-0.15, -0.1) is 5.10 Å². The molecular weight excluding hydrogens is 170 g/mol. The van der Waals surface area contributed by atoms with Crippen LogP contribution in [0.2, 0.25) is 0 Å². The molecule has 0 aliphatic carbocycles. The summed E-state index contributed by atoms with van der Waals surface area (Å²) in [6.45, 7) is 5.66. The van der Waals surface area contributed by atoms with Gasteiger partial charge in [0, 0.05) is 6.54 Å². The third kappa shape index (κ3) is 1.62. The summed E-state index contributed by atoms with van der Waals surface area (Å²) in [5, 5.41) is 13.9. The molecule has 0 radical (unpaired) electrons. The first-order chi connectivity index (χ1) is 6.27. The molecule has 0 spiro atoms. The molecule has 1 saturated heterocycles. The van der Waals surface area contributed by atoms with E-state index in [0.717, 1.165) is 13.2 Å². The molecule has 2 heterocycles. The molecule has 2 unspecified atom stereocenters. The van der Waals surface area contributed by atoms with Crippen LogP contribution in [-0.4, -0.2) is 45.9 Å². The Hall–Kier alpha value is -1.17. The molecule has 1 aliphatic heterocycles. The van der Waals surface area contributed by atoms with Gasteiger partial charge in [0.2, 0.25) is 0 Å². The Morgan fingerprint density at radius 1 is 1.54 bits per heavy atom. The number of hydrogen-bond acceptors (Lipinski definition) is 5. The van der Waals surface area contributed by atoms with Crippen molar-refractivity contribution in [3.05, 3.63) is 0 Å². The molecule has 6 heteroatoms. The number of rotatable bonds is 1. The molecule has 72 valence electrons. The van der Waals surface area contributed by atoms with Crippen LogP contribution in [0, 0.1) is 0 Å². The number of ether oxygens (including phenoxy) is 1. The molecule has 0 amide bonds. The van der Waals surface area contributed by atoms with Crippen LogP contribution in [0.1, 0.15) is 13.8 Å². The van der Waals surface area contributed by atoms with Crippen molar-refractivity contribution in [2.45, 2.75) is 26.0 Å². The summed E-state index contributed by atoms with van der Waals surface area (Å²) in [7, 11) is 0. The zero-order chi connectivity index (χ0) is 9.26. The summed E-state index contributed by atoms with van der Waals surface area (Å²) in [6, 6.07) is 0.314. The highest BCUT2D eigenvalue weighted by Crippen LogP contribution is 2.15. The van der Waals surface area contributed by atoms with Crippen LogP contribution in [0.25, 0.3) is 0 Å². The Kier molecular flexibility index (Phi) is 2.13. The second-order valence-corrected chi connectivity index (χ2v) is 3.36. The first-order valence-electron chi connectivity index (χ1n) is 4.39. The van der Waals surface area contributed by atoms with E-state index in [9.17, 15) is 0 Å². The first-order valence-corrected chi connectivity index (χ1v) is 4.39. The fourth-order valence-corrected chi connectivity index (χ4v) is 1.46. The van der Waals surface area contributed by atoms with Gasteiger partial charge < -0.3 is 9.64 Å². The van der Waals surface area contributed by atoms with Crippen molar-refractivity contribution >= 4 is 5.95 Å². The number of H-pyrrole nitrogens is 1. The van der Waals surface area contributed by atoms with E-state index in [1.54, 1.807) is 0 Å². The van der Waals surface area contributed by atoms with E-state index in [-0.39, 0.29) is 6.10 Å². The zero-order valence-corrected chi connectivity index (χ0v) is 7.77. The van der Waals surface area contributed by atoms with Crippen LogP contribution in [0.15, 0.2) is 0 Å². The van der Waals surface area contributed by atoms with Crippen molar-refractivity contribution in [2.24, 2.45) is 0 Å². The fraction of sp³-hybridized carbons (Fsp3) is 0.857. The van der Waals surface area contributed by atoms with Crippen LogP contribution in [0.5, 0.6) is 0 Å². The van der Waals surface area contributed by atoms with Crippen LogP contribution in [0.4, 0.5) is 5.95 Å². The van der Waals surface area contributed by atoms with Crippen molar-refractivity contribution in [1.82, 2.24) is 20.6 Å². The number of aromatic nitrogens is 4. The minimum absolute atomic E-state index is 0.231. The largest absolute Gasteiger partial charge is 0.375 e. The molecular formula is C7H13N5O. The Balaban J connectivity index is 2.12. The van der Waals surface area contributed by atoms with Gasteiger partial charge in [0.25, 0.3) is 5.95 Å². The van der Waals surface area contributed by atoms with Crippen LogP contribution in [0.3, 0.4) is 0 Å². The summed E-state index contributed by atoms with van der Waals surface area (Å²) in [5.74, 6) is 0.655. The Labute approximate surface area is 76.3 Å². The highest BCUT2D eigenvalue weighted by Gasteiger charge is 2.25. The zero-order valence-electron chi connectivity index (χ0n) is 7.77. The number of nitrogens with one attached hydrogen (secondary N) is 1. The van der Waals surface area contributed by atoms with Crippen molar-refractivity contribution in [3.63, 3.8) is 0 Å². The number of anilines is 1. The normalized spacial score (nSPS) is 29.2. The summed E-state index contributed by atoms with van der Waals surface area (Å²) in [6.07, 6.45) is 0.231. The van der Waals surface area contributed by atoms with E-state index in [4.69, 9.17) is 4.74 Å². The van der Waals surface area contributed by atoms with E-state index < -0.39 is 0 Å². The van der Waals surface area contributed by atoms with Gasteiger partial charge in [0.1, 0.15) is 0 Å². The summed E-state index contributed by atoms with van der Waals surface area (Å²) in [5.41, 5.74) is 0. The molecule has 2 rings (SSSR count). The SMILES string of the molecule is CC1CN(c2nn[nH]n2)C(C)CO1. The molecule has 1 aromatic heterocycles. The average molecular weight is 183 g/mol. The maximum absolute atomic E-state index is 5.49. The molecule has 0 saturated carbocycles. The van der Waals surface area contributed by atoms with Crippen molar-refractivity contribution < 1.29 is 4.74 Å². The number of nitrogens with zero attached hydrogens (tertiary/aromatic N) is 4. The molecule has 13 heavy (non-hydrogen) atoms. The lowest BCUT2D eigenvalue weighted by atomic mass is 10.2. The van der Waals surface area contributed by atoms with E-state index in [1.807, 2.05) is 6.92 Å². The third-order valence-corrected chi connectivity index (χ3v) is 2.20. The number of aromatic amines is 1. The predicted octanol–water partition coefficient (Wildman–Crippen LogP) is -0.187. The smallest absolute Gasteiger partial charge is 0.266 e. The second kappa shape index (κ2) is 3.29. The maximum atomic E-state index is 5.49. The lowest BCUT2D eigenvalue weighted by molar-refractivity contribution is 0.0337. The van der Waals surface area contributed by atoms with Crippen molar-refractivity contribution in [1.29, 1.82) is 0 Å². The van der Waals surface area contributed by atoms with Crippen molar-refractivity contribution in [3.8, 4) is 0 Å². The number of morpholine rings is 1. The Morgan fingerprint density at radius 2 is 2.38 bits per heavy atom. The second-order valence-electron chi connectivity index (χ2n) is 3.36. The summed E-state index contributed by atoms with van der Waals surface area (Å²) in [4.78, 5) is 2.09. The highest BCUT2D eigenvalue weighted by molar-refractivity contribution is 5.29. The van der Waals surface area contributed by atoms with Crippen LogP contribution >= 0.6 is 0 Å². The minimum atomic E-state index is 0.231. The highest BCUT2D eigenvalue weighted by atomic mass is 16.5. The molecule has 1 aliphatic rings. The molecule has 1 fully saturated rings. The van der Waals surface area contributed by atoms with E-state index >= 15 is 0 Å². The lowest BCUT2D eigenvalue weighted by Crippen LogP contribution is -2.48. The topological polar surface area (TPSA) is 66.9 Å². The Bertz CT molecular complexity index is 262.